The number of aromatic nitrogens is 4. The van der Waals surface area contributed by atoms with Crippen molar-refractivity contribution in [3.05, 3.63) is 108 Å². The molecule has 1 aliphatic rings. The van der Waals surface area contributed by atoms with Crippen LogP contribution in [-0.4, -0.2) is 57.9 Å². The topological polar surface area (TPSA) is 111 Å². The Kier molecular flexibility index (Phi) is 7.95. The van der Waals surface area contributed by atoms with E-state index in [1.165, 1.54) is 11.2 Å². The zero-order valence-corrected chi connectivity index (χ0v) is 23.4. The van der Waals surface area contributed by atoms with Gasteiger partial charge in [0.25, 0.3) is 11.8 Å². The van der Waals surface area contributed by atoms with E-state index >= 15 is 0 Å². The van der Waals surface area contributed by atoms with E-state index < -0.39 is 11.9 Å². The Morgan fingerprint density at radius 2 is 1.95 bits per heavy atom. The lowest BCUT2D eigenvalue weighted by Crippen LogP contribution is -2.49. The Morgan fingerprint density at radius 1 is 1.07 bits per heavy atom. The minimum atomic E-state index is -0.913. The number of pyridine rings is 1. The van der Waals surface area contributed by atoms with Crippen molar-refractivity contribution >= 4 is 28.4 Å². The number of amides is 2. The van der Waals surface area contributed by atoms with Gasteiger partial charge in [-0.3, -0.25) is 14.6 Å². The summed E-state index contributed by atoms with van der Waals surface area (Å²) in [6, 6.07) is 23.9. The van der Waals surface area contributed by atoms with Crippen molar-refractivity contribution in [2.24, 2.45) is 0 Å². The standard InChI is InChI=1S/C33H28N6O4/c1-38-29-18-23(8-5-6-17-42-26-13-14-27-25(19-26)11-7-16-34-27)12-15-30(29)43-21-28(33(38)41)36-32(40)31-35-22-39(37-31)20-24-9-3-2-4-10-24/h2-4,7,9-16,18-19,22,28H,6,17,20-21H2,1H3,(H,36,40)/t28-/m1/s1. The van der Waals surface area contributed by atoms with Gasteiger partial charge in [0.1, 0.15) is 30.5 Å². The normalized spacial score (nSPS) is 14.2. The maximum atomic E-state index is 13.3. The molecule has 0 radical (unpaired) electrons. The van der Waals surface area contributed by atoms with Crippen molar-refractivity contribution in [3.63, 3.8) is 0 Å². The molecular weight excluding hydrogens is 544 g/mol. The molecule has 0 aliphatic carbocycles. The maximum Gasteiger partial charge on any atom is 0.291 e. The minimum absolute atomic E-state index is 0.0210. The monoisotopic (exact) mass is 572 g/mol. The summed E-state index contributed by atoms with van der Waals surface area (Å²) in [4.78, 5) is 36.1. The number of carbonyl (C=O) groups excluding carboxylic acids is 2. The molecule has 0 fully saturated rings. The summed E-state index contributed by atoms with van der Waals surface area (Å²) < 4.78 is 13.3. The molecule has 0 unspecified atom stereocenters. The minimum Gasteiger partial charge on any atom is -0.493 e. The number of anilines is 1. The van der Waals surface area contributed by atoms with Crippen molar-refractivity contribution in [3.8, 4) is 23.3 Å². The number of nitrogens with zero attached hydrogens (tertiary/aromatic N) is 5. The molecular formula is C33H28N6O4. The quantitative estimate of drug-likeness (QED) is 0.233. The van der Waals surface area contributed by atoms with Crippen LogP contribution in [-0.2, 0) is 11.3 Å². The molecule has 3 aromatic carbocycles. The largest absolute Gasteiger partial charge is 0.493 e. The summed E-state index contributed by atoms with van der Waals surface area (Å²) in [6.45, 7) is 0.886. The van der Waals surface area contributed by atoms with Crippen LogP contribution in [0.4, 0.5) is 5.69 Å². The van der Waals surface area contributed by atoms with E-state index in [9.17, 15) is 9.59 Å². The lowest BCUT2D eigenvalue weighted by atomic mass is 10.1. The van der Waals surface area contributed by atoms with Crippen LogP contribution in [0.1, 0.15) is 28.2 Å². The van der Waals surface area contributed by atoms with Crippen molar-refractivity contribution in [2.45, 2.75) is 19.0 Å². The summed E-state index contributed by atoms with van der Waals surface area (Å²) in [6.07, 6.45) is 3.78. The number of fused-ring (bicyclic) bond motifs is 2. The summed E-state index contributed by atoms with van der Waals surface area (Å²) in [5, 5.41) is 7.99. The van der Waals surface area contributed by atoms with Crippen molar-refractivity contribution in [1.82, 2.24) is 25.1 Å². The van der Waals surface area contributed by atoms with Gasteiger partial charge in [-0.25, -0.2) is 9.67 Å². The van der Waals surface area contributed by atoms with Gasteiger partial charge in [0.2, 0.25) is 5.82 Å². The molecule has 10 heteroatoms. The molecule has 10 nitrogen and oxygen atoms in total. The molecule has 3 heterocycles. The maximum absolute atomic E-state index is 13.3. The Hall–Kier alpha value is -5.69. The number of rotatable bonds is 7. The fourth-order valence-electron chi connectivity index (χ4n) is 4.68. The molecule has 0 saturated carbocycles. The molecule has 1 atom stereocenters. The first-order valence-electron chi connectivity index (χ1n) is 13.8. The molecule has 0 bridgehead atoms. The number of hydrogen-bond donors (Lipinski definition) is 1. The van der Waals surface area contributed by atoms with Gasteiger partial charge >= 0.3 is 0 Å². The third-order valence-electron chi connectivity index (χ3n) is 6.89. The van der Waals surface area contributed by atoms with Crippen LogP contribution in [0.3, 0.4) is 0 Å². The van der Waals surface area contributed by atoms with Crippen LogP contribution >= 0.6 is 0 Å². The molecule has 214 valence electrons. The van der Waals surface area contributed by atoms with Crippen molar-refractivity contribution in [1.29, 1.82) is 0 Å². The average molecular weight is 573 g/mol. The average Bonchev–Trinajstić information content (AvgIpc) is 3.47. The van der Waals surface area contributed by atoms with Gasteiger partial charge in [-0.05, 0) is 48.0 Å². The van der Waals surface area contributed by atoms with E-state index in [1.807, 2.05) is 66.7 Å². The fraction of sp³-hybridized carbons (Fsp3) is 0.182. The second kappa shape index (κ2) is 12.4. The van der Waals surface area contributed by atoms with E-state index in [-0.39, 0.29) is 18.3 Å². The highest BCUT2D eigenvalue weighted by atomic mass is 16.5. The molecule has 1 N–H and O–H groups in total. The third kappa shape index (κ3) is 6.47. The predicted molar refractivity (Wildman–Crippen MR) is 161 cm³/mol. The fourth-order valence-corrected chi connectivity index (χ4v) is 4.68. The molecule has 5 aromatic rings. The molecule has 1 aliphatic heterocycles. The Labute approximate surface area is 248 Å². The highest BCUT2D eigenvalue weighted by molar-refractivity contribution is 6.02. The number of hydrogen-bond acceptors (Lipinski definition) is 7. The van der Waals surface area contributed by atoms with E-state index in [2.05, 4.69) is 32.2 Å². The van der Waals surface area contributed by atoms with E-state index in [1.54, 1.807) is 30.1 Å². The van der Waals surface area contributed by atoms with Crippen molar-refractivity contribution < 1.29 is 19.1 Å². The second-order valence-electron chi connectivity index (χ2n) is 9.93. The van der Waals surface area contributed by atoms with Crippen molar-refractivity contribution in [2.75, 3.05) is 25.2 Å². The lowest BCUT2D eigenvalue weighted by Gasteiger charge is -2.20. The molecule has 0 saturated heterocycles. The van der Waals surface area contributed by atoms with Crippen LogP contribution in [0.25, 0.3) is 10.9 Å². The van der Waals surface area contributed by atoms with Gasteiger partial charge < -0.3 is 19.7 Å². The molecule has 2 aromatic heterocycles. The first-order valence-corrected chi connectivity index (χ1v) is 13.8. The summed E-state index contributed by atoms with van der Waals surface area (Å²) in [5.74, 6) is 6.65. The number of nitrogens with one attached hydrogen (secondary N) is 1. The summed E-state index contributed by atoms with van der Waals surface area (Å²) in [5.41, 5.74) is 3.25. The number of ether oxygens (including phenoxy) is 2. The highest BCUT2D eigenvalue weighted by Gasteiger charge is 2.31. The van der Waals surface area contributed by atoms with Gasteiger partial charge in [-0.1, -0.05) is 48.2 Å². The number of carbonyl (C=O) groups is 2. The molecule has 0 spiro atoms. The van der Waals surface area contributed by atoms with Crippen LogP contribution in [0.5, 0.6) is 11.5 Å². The van der Waals surface area contributed by atoms with Gasteiger partial charge in [-0.15, -0.1) is 5.10 Å². The summed E-state index contributed by atoms with van der Waals surface area (Å²) in [7, 11) is 1.64. The highest BCUT2D eigenvalue weighted by Crippen LogP contribution is 2.31. The predicted octanol–water partition coefficient (Wildman–Crippen LogP) is 3.85. The van der Waals surface area contributed by atoms with Crippen LogP contribution in [0.15, 0.2) is 91.4 Å². The SMILES string of the molecule is CN1C(=O)[C@H](NC(=O)c2ncn(Cc3ccccc3)n2)COc2ccc(C#CCCOc3ccc4ncccc4c3)cc21. The summed E-state index contributed by atoms with van der Waals surface area (Å²) >= 11 is 0. The Bertz CT molecular complexity index is 1840. The zero-order valence-electron chi connectivity index (χ0n) is 23.4. The van der Waals surface area contributed by atoms with Crippen LogP contribution in [0.2, 0.25) is 0 Å². The van der Waals surface area contributed by atoms with Gasteiger partial charge in [0.15, 0.2) is 0 Å². The van der Waals surface area contributed by atoms with E-state index in [0.29, 0.717) is 31.0 Å². The van der Waals surface area contributed by atoms with E-state index in [0.717, 1.165) is 27.8 Å². The van der Waals surface area contributed by atoms with Gasteiger partial charge in [0.05, 0.1) is 24.4 Å². The molecule has 43 heavy (non-hydrogen) atoms. The van der Waals surface area contributed by atoms with Gasteiger partial charge in [0, 0.05) is 30.6 Å². The first-order chi connectivity index (χ1) is 21.0. The first kappa shape index (κ1) is 27.5. The third-order valence-corrected chi connectivity index (χ3v) is 6.89. The van der Waals surface area contributed by atoms with Gasteiger partial charge in [-0.2, -0.15) is 0 Å². The smallest absolute Gasteiger partial charge is 0.291 e. The number of likely N-dealkylation sites (N-methyl/N-ethyl adjacent to an activating group) is 1. The van der Waals surface area contributed by atoms with E-state index in [4.69, 9.17) is 9.47 Å². The molecule has 2 amide bonds. The second-order valence-corrected chi connectivity index (χ2v) is 9.93. The lowest BCUT2D eigenvalue weighted by molar-refractivity contribution is -0.120. The Balaban J connectivity index is 1.05. The number of benzene rings is 3. The Morgan fingerprint density at radius 3 is 2.84 bits per heavy atom. The molecule has 6 rings (SSSR count). The van der Waals surface area contributed by atoms with Crippen LogP contribution < -0.4 is 19.7 Å². The zero-order chi connectivity index (χ0) is 29.6. The van der Waals surface area contributed by atoms with Crippen LogP contribution in [0, 0.1) is 11.8 Å².